The van der Waals surface area contributed by atoms with Crippen molar-refractivity contribution in [2.24, 2.45) is 0 Å². The first-order valence-electron chi connectivity index (χ1n) is 32.9. The summed E-state index contributed by atoms with van der Waals surface area (Å²) in [5.74, 6) is -0.865. The Bertz CT molecular complexity index is 1400. The predicted octanol–water partition coefficient (Wildman–Crippen LogP) is 22.5. The highest BCUT2D eigenvalue weighted by Gasteiger charge is 2.19. The zero-order valence-corrected chi connectivity index (χ0v) is 50.5. The molecule has 0 fully saturated rings. The lowest BCUT2D eigenvalue weighted by Gasteiger charge is -2.18. The van der Waals surface area contributed by atoms with Gasteiger partial charge < -0.3 is 14.2 Å². The second-order valence-electron chi connectivity index (χ2n) is 22.0. The second kappa shape index (κ2) is 64.4. The third-order valence-electron chi connectivity index (χ3n) is 14.4. The van der Waals surface area contributed by atoms with E-state index in [-0.39, 0.29) is 31.1 Å². The van der Waals surface area contributed by atoms with Crippen molar-refractivity contribution in [3.63, 3.8) is 0 Å². The molecule has 0 aliphatic carbocycles. The Morgan fingerprint density at radius 2 is 0.513 bits per heavy atom. The second-order valence-corrected chi connectivity index (χ2v) is 22.0. The van der Waals surface area contributed by atoms with E-state index in [2.05, 4.69) is 93.7 Å². The number of hydrogen-bond acceptors (Lipinski definition) is 6. The van der Waals surface area contributed by atoms with E-state index in [1.807, 2.05) is 0 Å². The first-order chi connectivity index (χ1) is 37.5. The molecule has 440 valence electrons. The van der Waals surface area contributed by atoms with Gasteiger partial charge in [-0.3, -0.25) is 14.4 Å². The van der Waals surface area contributed by atoms with Gasteiger partial charge in [-0.1, -0.05) is 299 Å². The van der Waals surface area contributed by atoms with Crippen molar-refractivity contribution < 1.29 is 28.6 Å². The first-order valence-corrected chi connectivity index (χ1v) is 32.9. The monoisotopic (exact) mass is 1060 g/mol. The molecule has 0 rings (SSSR count). The Hall–Kier alpha value is -3.15. The zero-order valence-electron chi connectivity index (χ0n) is 50.5. The Morgan fingerprint density at radius 3 is 0.842 bits per heavy atom. The summed E-state index contributed by atoms with van der Waals surface area (Å²) in [6.45, 7) is 6.54. The Morgan fingerprint density at radius 1 is 0.276 bits per heavy atom. The molecule has 0 aliphatic heterocycles. The molecule has 0 radical (unpaired) electrons. The van der Waals surface area contributed by atoms with Crippen molar-refractivity contribution >= 4 is 17.9 Å². The highest BCUT2D eigenvalue weighted by molar-refractivity contribution is 5.71. The van der Waals surface area contributed by atoms with E-state index in [9.17, 15) is 14.4 Å². The lowest BCUT2D eigenvalue weighted by molar-refractivity contribution is -0.167. The fraction of sp³-hybridized carbons (Fsp3) is 0.786. The summed E-state index contributed by atoms with van der Waals surface area (Å²) in [7, 11) is 0. The van der Waals surface area contributed by atoms with Crippen LogP contribution in [0.3, 0.4) is 0 Å². The first kappa shape index (κ1) is 72.8. The van der Waals surface area contributed by atoms with Crippen LogP contribution in [0.2, 0.25) is 0 Å². The third kappa shape index (κ3) is 61.7. The quantitative estimate of drug-likeness (QED) is 0.0261. The summed E-state index contributed by atoms with van der Waals surface area (Å²) in [4.78, 5) is 38.2. The maximum atomic E-state index is 12.9. The maximum absolute atomic E-state index is 12.9. The number of rotatable bonds is 60. The van der Waals surface area contributed by atoms with Crippen molar-refractivity contribution in [3.8, 4) is 0 Å². The number of hydrogen-bond donors (Lipinski definition) is 0. The van der Waals surface area contributed by atoms with Crippen molar-refractivity contribution in [3.05, 3.63) is 72.9 Å². The van der Waals surface area contributed by atoms with Crippen LogP contribution >= 0.6 is 0 Å². The van der Waals surface area contributed by atoms with Gasteiger partial charge in [-0.05, 0) is 89.9 Å². The van der Waals surface area contributed by atoms with Crippen LogP contribution in [0.5, 0.6) is 0 Å². The minimum atomic E-state index is -0.775. The van der Waals surface area contributed by atoms with Gasteiger partial charge in [0.1, 0.15) is 13.2 Å². The van der Waals surface area contributed by atoms with Crippen LogP contribution in [-0.2, 0) is 28.6 Å². The van der Waals surface area contributed by atoms with Gasteiger partial charge in [0, 0.05) is 19.3 Å². The molecule has 1 atom stereocenters. The van der Waals surface area contributed by atoms with Crippen LogP contribution in [-0.4, -0.2) is 37.2 Å². The number of unbranched alkanes of at least 4 members (excludes halogenated alkanes) is 37. The van der Waals surface area contributed by atoms with Gasteiger partial charge in [0.2, 0.25) is 0 Å². The van der Waals surface area contributed by atoms with Crippen LogP contribution in [0, 0.1) is 0 Å². The molecule has 0 amide bonds. The Balaban J connectivity index is 4.15. The molecule has 0 spiro atoms. The molecule has 0 aromatic heterocycles. The average Bonchev–Trinajstić information content (AvgIpc) is 3.42. The van der Waals surface area contributed by atoms with Gasteiger partial charge in [-0.2, -0.15) is 0 Å². The number of ether oxygens (including phenoxy) is 3. The molecule has 0 saturated carbocycles. The molecule has 0 bridgehead atoms. The van der Waals surface area contributed by atoms with Crippen LogP contribution in [0.15, 0.2) is 72.9 Å². The van der Waals surface area contributed by atoms with E-state index in [1.54, 1.807) is 0 Å². The van der Waals surface area contributed by atoms with Gasteiger partial charge in [0.05, 0.1) is 0 Å². The number of esters is 3. The highest BCUT2D eigenvalue weighted by atomic mass is 16.6. The van der Waals surface area contributed by atoms with Gasteiger partial charge >= 0.3 is 17.9 Å². The molecule has 0 aliphatic rings. The van der Waals surface area contributed by atoms with Crippen LogP contribution < -0.4 is 0 Å². The standard InChI is InChI=1S/C70H124O6/c1-4-7-10-13-16-19-22-25-27-28-29-30-31-32-33-34-35-36-37-38-39-40-41-42-44-45-48-51-54-57-60-63-69(72)75-66-67(65-74-68(71)62-59-56-53-50-47-24-21-18-15-12-9-6-3)76-70(73)64-61-58-55-52-49-46-43-26-23-20-17-14-11-8-5-2/h7,10,16,18-19,21,25,27,29-30,32-33,67H,4-6,8-9,11-15,17,20,22-24,26,28,31,34-66H2,1-3H3/b10-7-,19-16-,21-18-,27-25-,30-29-,33-32-. The molecule has 6 heteroatoms. The van der Waals surface area contributed by atoms with Crippen LogP contribution in [0.1, 0.15) is 335 Å². The summed E-state index contributed by atoms with van der Waals surface area (Å²) >= 11 is 0. The summed E-state index contributed by atoms with van der Waals surface area (Å²) < 4.78 is 16.9. The predicted molar refractivity (Wildman–Crippen MR) is 330 cm³/mol. The van der Waals surface area contributed by atoms with Gasteiger partial charge in [0.25, 0.3) is 0 Å². The Labute approximate surface area is 472 Å². The summed E-state index contributed by atoms with van der Waals surface area (Å²) in [6, 6.07) is 0. The lowest BCUT2D eigenvalue weighted by atomic mass is 10.0. The SMILES string of the molecule is CC/C=C\C/C=C\C/C=C\C/C=C\C/C=C\CCCCCCCCCCCCCCCCCC(=O)OCC(COC(=O)CCCCCCC/C=C\CCCCC)OC(=O)CCCCCCCCCCCCCCCCC. The van der Waals surface area contributed by atoms with E-state index >= 15 is 0 Å². The van der Waals surface area contributed by atoms with Gasteiger partial charge in [0.15, 0.2) is 6.10 Å². The normalized spacial score (nSPS) is 12.5. The molecular formula is C70H124O6. The zero-order chi connectivity index (χ0) is 55.0. The molecule has 0 N–H and O–H groups in total. The van der Waals surface area contributed by atoms with Crippen molar-refractivity contribution in [1.29, 1.82) is 0 Å². The lowest BCUT2D eigenvalue weighted by Crippen LogP contribution is -2.30. The fourth-order valence-corrected chi connectivity index (χ4v) is 9.53. The summed E-state index contributed by atoms with van der Waals surface area (Å²) in [5, 5.41) is 0. The smallest absolute Gasteiger partial charge is 0.306 e. The minimum absolute atomic E-state index is 0.0732. The van der Waals surface area contributed by atoms with Crippen molar-refractivity contribution in [1.82, 2.24) is 0 Å². The molecule has 0 aromatic carbocycles. The molecule has 6 nitrogen and oxygen atoms in total. The summed E-state index contributed by atoms with van der Waals surface area (Å²) in [5.41, 5.74) is 0. The van der Waals surface area contributed by atoms with E-state index < -0.39 is 6.10 Å². The van der Waals surface area contributed by atoms with Crippen molar-refractivity contribution in [2.45, 2.75) is 341 Å². The van der Waals surface area contributed by atoms with Crippen LogP contribution in [0.4, 0.5) is 0 Å². The number of allylic oxidation sites excluding steroid dienone is 12. The number of carbonyl (C=O) groups excluding carboxylic acids is 3. The van der Waals surface area contributed by atoms with Crippen molar-refractivity contribution in [2.75, 3.05) is 13.2 Å². The topological polar surface area (TPSA) is 78.9 Å². The van der Waals surface area contributed by atoms with Gasteiger partial charge in [-0.25, -0.2) is 0 Å². The molecule has 0 heterocycles. The fourth-order valence-electron chi connectivity index (χ4n) is 9.53. The van der Waals surface area contributed by atoms with Crippen LogP contribution in [0.25, 0.3) is 0 Å². The largest absolute Gasteiger partial charge is 0.462 e. The van der Waals surface area contributed by atoms with E-state index in [1.165, 1.54) is 199 Å². The summed E-state index contributed by atoms with van der Waals surface area (Å²) in [6.07, 6.45) is 83.5. The van der Waals surface area contributed by atoms with Gasteiger partial charge in [-0.15, -0.1) is 0 Å². The third-order valence-corrected chi connectivity index (χ3v) is 14.4. The molecule has 76 heavy (non-hydrogen) atoms. The van der Waals surface area contributed by atoms with E-state index in [4.69, 9.17) is 14.2 Å². The number of carbonyl (C=O) groups is 3. The Kier molecular flexibility index (Phi) is 61.7. The van der Waals surface area contributed by atoms with E-state index in [0.717, 1.165) is 96.3 Å². The molecular weight excluding hydrogens is 937 g/mol. The van der Waals surface area contributed by atoms with E-state index in [0.29, 0.717) is 19.3 Å². The maximum Gasteiger partial charge on any atom is 0.306 e. The minimum Gasteiger partial charge on any atom is -0.462 e. The molecule has 0 saturated heterocycles. The highest BCUT2D eigenvalue weighted by Crippen LogP contribution is 2.17. The molecule has 0 aromatic rings. The molecule has 1 unspecified atom stereocenters. The average molecular weight is 1060 g/mol.